The second kappa shape index (κ2) is 7.72. The minimum atomic E-state index is 0.131. The first kappa shape index (κ1) is 14.5. The van der Waals surface area contributed by atoms with E-state index >= 15 is 0 Å². The van der Waals surface area contributed by atoms with E-state index in [1.165, 1.54) is 23.2 Å². The van der Waals surface area contributed by atoms with Gasteiger partial charge in [-0.05, 0) is 40.0 Å². The topological polar surface area (TPSA) is 84.4 Å². The van der Waals surface area contributed by atoms with Crippen molar-refractivity contribution in [3.05, 3.63) is 27.8 Å². The Kier molecular flexibility index (Phi) is 6.60. The molecule has 1 rings (SSSR count). The van der Waals surface area contributed by atoms with Crippen LogP contribution < -0.4 is 16.3 Å². The molecule has 0 atom stereocenters. The van der Waals surface area contributed by atoms with Gasteiger partial charge < -0.3 is 15.5 Å². The molecular formula is C9H13BrN4OS2. The Labute approximate surface area is 116 Å². The van der Waals surface area contributed by atoms with Crippen LogP contribution in [0, 0.1) is 0 Å². The van der Waals surface area contributed by atoms with E-state index in [-0.39, 0.29) is 6.54 Å². The van der Waals surface area contributed by atoms with Gasteiger partial charge in [0.25, 0.3) is 0 Å². The minimum Gasteiger partial charge on any atom is -0.400 e. The van der Waals surface area contributed by atoms with Gasteiger partial charge in [0.15, 0.2) is 0 Å². The van der Waals surface area contributed by atoms with Crippen LogP contribution in [-0.4, -0.2) is 24.4 Å². The van der Waals surface area contributed by atoms with E-state index in [9.17, 15) is 4.79 Å². The number of hydrogen-bond acceptors (Lipinski definition) is 7. The highest BCUT2D eigenvalue weighted by Crippen LogP contribution is 2.28. The van der Waals surface area contributed by atoms with Crippen LogP contribution in [0.1, 0.15) is 0 Å². The predicted molar refractivity (Wildman–Crippen MR) is 75.1 cm³/mol. The van der Waals surface area contributed by atoms with Crippen LogP contribution in [0.2, 0.25) is 0 Å². The van der Waals surface area contributed by atoms with Crippen LogP contribution in [0.4, 0.5) is 0 Å². The summed E-state index contributed by atoms with van der Waals surface area (Å²) in [5.74, 6) is 5.48. The van der Waals surface area contributed by atoms with Gasteiger partial charge in [-0.3, -0.25) is 4.72 Å². The molecular weight excluding hydrogens is 324 g/mol. The molecule has 0 saturated carbocycles. The zero-order chi connectivity index (χ0) is 12.7. The van der Waals surface area contributed by atoms with Crippen molar-refractivity contribution in [1.82, 2.24) is 9.73 Å². The van der Waals surface area contributed by atoms with Crippen molar-refractivity contribution in [3.8, 4) is 0 Å². The Bertz CT molecular complexity index is 396. The number of thiophene rings is 1. The molecule has 0 aliphatic rings. The maximum atomic E-state index is 10.2. The number of nitrogens with one attached hydrogen (secondary N) is 1. The molecule has 0 aromatic carbocycles. The van der Waals surface area contributed by atoms with E-state index in [0.717, 1.165) is 14.3 Å². The van der Waals surface area contributed by atoms with Crippen LogP contribution in [-0.2, 0) is 4.79 Å². The zero-order valence-corrected chi connectivity index (χ0v) is 12.1. The monoisotopic (exact) mass is 336 g/mol. The average Bonchev–Trinajstić information content (AvgIpc) is 2.64. The van der Waals surface area contributed by atoms with Crippen molar-refractivity contribution in [3.63, 3.8) is 0 Å². The third-order valence-electron chi connectivity index (χ3n) is 1.61. The number of nitrogens with two attached hydrogens (primary N) is 2. The normalized spacial score (nSPS) is 11.5. The zero-order valence-electron chi connectivity index (χ0n) is 8.93. The molecule has 0 bridgehead atoms. The van der Waals surface area contributed by atoms with Crippen LogP contribution >= 0.6 is 39.2 Å². The number of aldehydes is 1. The number of halogens is 1. The van der Waals surface area contributed by atoms with E-state index in [2.05, 4.69) is 20.7 Å². The van der Waals surface area contributed by atoms with E-state index in [0.29, 0.717) is 12.2 Å². The summed E-state index contributed by atoms with van der Waals surface area (Å²) in [6, 6.07) is 3.99. The number of rotatable bonds is 7. The smallest absolute Gasteiger partial charge is 0.140 e. The van der Waals surface area contributed by atoms with Gasteiger partial charge in [-0.1, -0.05) is 0 Å². The summed E-state index contributed by atoms with van der Waals surface area (Å²) in [6.07, 6.45) is 2.25. The van der Waals surface area contributed by atoms with Crippen LogP contribution in [0.15, 0.2) is 32.0 Å². The molecule has 1 aromatic rings. The van der Waals surface area contributed by atoms with E-state index in [4.69, 9.17) is 11.6 Å². The van der Waals surface area contributed by atoms with Gasteiger partial charge in [-0.2, -0.15) is 0 Å². The SMILES string of the molecule is N/C(=C\N(N)CC=O)CNSc1ccc(Br)s1. The Morgan fingerprint density at radius 1 is 1.65 bits per heavy atom. The van der Waals surface area contributed by atoms with Crippen LogP contribution in [0.3, 0.4) is 0 Å². The van der Waals surface area contributed by atoms with E-state index in [1.807, 2.05) is 12.1 Å². The van der Waals surface area contributed by atoms with Gasteiger partial charge >= 0.3 is 0 Å². The summed E-state index contributed by atoms with van der Waals surface area (Å²) in [6.45, 7) is 0.623. The highest BCUT2D eigenvalue weighted by Gasteiger charge is 1.99. The lowest BCUT2D eigenvalue weighted by molar-refractivity contribution is -0.108. The first-order valence-electron chi connectivity index (χ1n) is 4.68. The molecule has 17 heavy (non-hydrogen) atoms. The molecule has 94 valence electrons. The third kappa shape index (κ3) is 6.08. The van der Waals surface area contributed by atoms with Gasteiger partial charge in [-0.15, -0.1) is 11.3 Å². The van der Waals surface area contributed by atoms with Gasteiger partial charge in [0, 0.05) is 18.4 Å². The van der Waals surface area contributed by atoms with Crippen LogP contribution in [0.25, 0.3) is 0 Å². The predicted octanol–water partition coefficient (Wildman–Crippen LogP) is 1.28. The molecule has 1 aromatic heterocycles. The van der Waals surface area contributed by atoms with Crippen molar-refractivity contribution < 1.29 is 4.79 Å². The molecule has 5 nitrogen and oxygen atoms in total. The lowest BCUT2D eigenvalue weighted by Crippen LogP contribution is -2.29. The van der Waals surface area contributed by atoms with E-state index in [1.54, 1.807) is 11.3 Å². The minimum absolute atomic E-state index is 0.131. The molecule has 0 aliphatic heterocycles. The maximum Gasteiger partial charge on any atom is 0.140 e. The largest absolute Gasteiger partial charge is 0.400 e. The molecule has 5 N–H and O–H groups in total. The first-order chi connectivity index (χ1) is 8.11. The molecule has 0 spiro atoms. The molecule has 0 unspecified atom stereocenters. The second-order valence-corrected chi connectivity index (χ2v) is 6.70. The van der Waals surface area contributed by atoms with Gasteiger partial charge in [0.05, 0.1) is 14.5 Å². The molecule has 0 saturated heterocycles. The quantitative estimate of drug-likeness (QED) is 0.301. The Morgan fingerprint density at radius 2 is 2.41 bits per heavy atom. The highest BCUT2D eigenvalue weighted by molar-refractivity contribution is 9.11. The van der Waals surface area contributed by atoms with Gasteiger partial charge in [-0.25, -0.2) is 5.84 Å². The molecule has 1 heterocycles. The van der Waals surface area contributed by atoms with Crippen molar-refractivity contribution >= 4 is 45.5 Å². The molecule has 0 aliphatic carbocycles. The van der Waals surface area contributed by atoms with Crippen LogP contribution in [0.5, 0.6) is 0 Å². The summed E-state index contributed by atoms with van der Waals surface area (Å²) in [5.41, 5.74) is 6.28. The molecule has 0 fully saturated rings. The lowest BCUT2D eigenvalue weighted by Gasteiger charge is -2.11. The maximum absolute atomic E-state index is 10.2. The van der Waals surface area contributed by atoms with Crippen molar-refractivity contribution in [2.24, 2.45) is 11.6 Å². The molecule has 8 heteroatoms. The second-order valence-electron chi connectivity index (χ2n) is 3.05. The number of hydrazine groups is 1. The Balaban J connectivity index is 2.28. The number of carbonyl (C=O) groups is 1. The highest BCUT2D eigenvalue weighted by atomic mass is 79.9. The van der Waals surface area contributed by atoms with Crippen molar-refractivity contribution in [2.45, 2.75) is 4.21 Å². The van der Waals surface area contributed by atoms with Crippen molar-refractivity contribution in [2.75, 3.05) is 13.1 Å². The Morgan fingerprint density at radius 3 is 3.00 bits per heavy atom. The summed E-state index contributed by atoms with van der Waals surface area (Å²) < 4.78 is 5.33. The molecule has 0 radical (unpaired) electrons. The lowest BCUT2D eigenvalue weighted by atomic mass is 10.5. The molecule has 0 amide bonds. The number of hydrogen-bond donors (Lipinski definition) is 3. The van der Waals surface area contributed by atoms with Gasteiger partial charge in [0.1, 0.15) is 6.29 Å². The average molecular weight is 337 g/mol. The standard InChI is InChI=1S/C9H13BrN4OS2/c10-8-1-2-9(16-8)17-13-5-7(11)6-14(12)3-4-15/h1-2,4,6,13H,3,5,11-12H2/b7-6-. The fourth-order valence-corrected chi connectivity index (χ4v) is 3.51. The number of carbonyl (C=O) groups excluding carboxylic acids is 1. The summed E-state index contributed by atoms with van der Waals surface area (Å²) in [5, 5.41) is 1.25. The fourth-order valence-electron chi connectivity index (χ4n) is 0.941. The van der Waals surface area contributed by atoms with Crippen molar-refractivity contribution in [1.29, 1.82) is 0 Å². The summed E-state index contributed by atoms with van der Waals surface area (Å²) in [4.78, 5) is 10.2. The third-order valence-corrected chi connectivity index (χ3v) is 4.16. The number of nitrogens with zero attached hydrogens (tertiary/aromatic N) is 1. The van der Waals surface area contributed by atoms with E-state index < -0.39 is 0 Å². The van der Waals surface area contributed by atoms with Gasteiger partial charge in [0.2, 0.25) is 0 Å². The Hall–Kier alpha value is -0.540. The summed E-state index contributed by atoms with van der Waals surface area (Å²) in [7, 11) is 0. The fraction of sp³-hybridized carbons (Fsp3) is 0.222. The summed E-state index contributed by atoms with van der Waals surface area (Å²) >= 11 is 6.52. The first-order valence-corrected chi connectivity index (χ1v) is 7.10.